The van der Waals surface area contributed by atoms with Gasteiger partial charge in [-0.3, -0.25) is 4.79 Å². The quantitative estimate of drug-likeness (QED) is 0.642. The van der Waals surface area contributed by atoms with Crippen molar-refractivity contribution >= 4 is 17.4 Å². The zero-order valence-electron chi connectivity index (χ0n) is 15.7. The fraction of sp³-hybridized carbons (Fsp3) is 0.174. The number of aryl methyl sites for hydroxylation is 1. The standard InChI is InChI=1S/C23H24N3O/c1-16(2)8-9-17-10-12-19(13-11-17)23(27)26-21-14-20(15-25-22(21)24)18-6-4-3-5-7-18/h3-7,10-15H,8-9H2,1-2H3,(H2,24,25)(H,26,27). The first-order valence-corrected chi connectivity index (χ1v) is 9.03. The van der Waals surface area contributed by atoms with Gasteiger partial charge in [0.15, 0.2) is 0 Å². The van der Waals surface area contributed by atoms with Gasteiger partial charge in [0.05, 0.1) is 5.69 Å². The first kappa shape index (κ1) is 18.6. The Bertz CT molecular complexity index is 903. The Labute approximate surface area is 160 Å². The van der Waals surface area contributed by atoms with Gasteiger partial charge in [-0.05, 0) is 48.1 Å². The summed E-state index contributed by atoms with van der Waals surface area (Å²) in [5.74, 6) is 1.50. The number of amides is 1. The molecule has 0 unspecified atom stereocenters. The number of hydrogen-bond acceptors (Lipinski definition) is 3. The second-order valence-electron chi connectivity index (χ2n) is 6.88. The molecule has 0 saturated heterocycles. The first-order chi connectivity index (χ1) is 13.0. The summed E-state index contributed by atoms with van der Waals surface area (Å²) in [6.45, 7) is 4.26. The van der Waals surface area contributed by atoms with Gasteiger partial charge >= 0.3 is 0 Å². The predicted octanol–water partition coefficient (Wildman–Crippen LogP) is 5.13. The Morgan fingerprint density at radius 2 is 1.70 bits per heavy atom. The van der Waals surface area contributed by atoms with Crippen molar-refractivity contribution in [3.05, 3.63) is 83.9 Å². The predicted molar refractivity (Wildman–Crippen MR) is 111 cm³/mol. The van der Waals surface area contributed by atoms with E-state index in [1.54, 1.807) is 6.20 Å². The SMILES string of the molecule is C[C](C)CCc1ccc(C(=O)Nc2cc(-c3ccccc3)cnc2N)cc1. The summed E-state index contributed by atoms with van der Waals surface area (Å²) >= 11 is 0. The molecule has 1 heterocycles. The number of carbonyl (C=O) groups excluding carboxylic acids is 1. The average Bonchev–Trinajstić information content (AvgIpc) is 2.69. The lowest BCUT2D eigenvalue weighted by Gasteiger charge is -2.10. The van der Waals surface area contributed by atoms with E-state index in [1.807, 2.05) is 60.7 Å². The highest BCUT2D eigenvalue weighted by Crippen LogP contribution is 2.25. The van der Waals surface area contributed by atoms with Crippen molar-refractivity contribution in [2.75, 3.05) is 11.1 Å². The van der Waals surface area contributed by atoms with E-state index in [0.717, 1.165) is 24.0 Å². The van der Waals surface area contributed by atoms with Gasteiger partial charge in [-0.1, -0.05) is 56.3 Å². The highest BCUT2D eigenvalue weighted by atomic mass is 16.1. The van der Waals surface area contributed by atoms with E-state index < -0.39 is 0 Å². The van der Waals surface area contributed by atoms with Crippen molar-refractivity contribution < 1.29 is 4.79 Å². The molecule has 1 radical (unpaired) electrons. The van der Waals surface area contributed by atoms with Crippen LogP contribution in [0.3, 0.4) is 0 Å². The molecule has 0 spiro atoms. The maximum absolute atomic E-state index is 12.6. The summed E-state index contributed by atoms with van der Waals surface area (Å²) in [7, 11) is 0. The van der Waals surface area contributed by atoms with Crippen molar-refractivity contribution in [3.63, 3.8) is 0 Å². The number of carbonyl (C=O) groups is 1. The van der Waals surface area contributed by atoms with Crippen LogP contribution in [-0.4, -0.2) is 10.9 Å². The van der Waals surface area contributed by atoms with Crippen LogP contribution in [0.2, 0.25) is 0 Å². The zero-order valence-corrected chi connectivity index (χ0v) is 15.7. The van der Waals surface area contributed by atoms with Gasteiger partial charge in [0, 0.05) is 17.3 Å². The monoisotopic (exact) mass is 358 g/mol. The van der Waals surface area contributed by atoms with Crippen molar-refractivity contribution in [1.82, 2.24) is 4.98 Å². The third-order valence-electron chi connectivity index (χ3n) is 4.40. The van der Waals surface area contributed by atoms with Gasteiger partial charge in [-0.15, -0.1) is 0 Å². The van der Waals surface area contributed by atoms with Crippen LogP contribution in [0.15, 0.2) is 66.9 Å². The fourth-order valence-corrected chi connectivity index (χ4v) is 2.78. The van der Waals surface area contributed by atoms with Crippen LogP contribution < -0.4 is 11.1 Å². The highest BCUT2D eigenvalue weighted by molar-refractivity contribution is 6.05. The van der Waals surface area contributed by atoms with Crippen LogP contribution in [0, 0.1) is 5.92 Å². The molecule has 0 aliphatic rings. The van der Waals surface area contributed by atoms with Gasteiger partial charge in [0.25, 0.3) is 5.91 Å². The third kappa shape index (κ3) is 4.94. The van der Waals surface area contributed by atoms with E-state index in [9.17, 15) is 4.79 Å². The van der Waals surface area contributed by atoms with Crippen molar-refractivity contribution in [2.45, 2.75) is 26.7 Å². The third-order valence-corrected chi connectivity index (χ3v) is 4.40. The number of nitrogens with two attached hydrogens (primary N) is 1. The molecule has 1 aromatic heterocycles. The van der Waals surface area contributed by atoms with Gasteiger partial charge in [0.1, 0.15) is 5.82 Å². The number of nitrogens with one attached hydrogen (secondary N) is 1. The molecule has 0 aliphatic carbocycles. The second-order valence-corrected chi connectivity index (χ2v) is 6.88. The van der Waals surface area contributed by atoms with Crippen LogP contribution in [0.25, 0.3) is 11.1 Å². The summed E-state index contributed by atoms with van der Waals surface area (Å²) in [6, 6.07) is 19.4. The van der Waals surface area contributed by atoms with E-state index in [1.165, 1.54) is 11.5 Å². The van der Waals surface area contributed by atoms with E-state index in [0.29, 0.717) is 17.1 Å². The van der Waals surface area contributed by atoms with E-state index in [-0.39, 0.29) is 5.91 Å². The zero-order chi connectivity index (χ0) is 19.2. The van der Waals surface area contributed by atoms with E-state index in [2.05, 4.69) is 24.1 Å². The normalized spacial score (nSPS) is 10.8. The lowest BCUT2D eigenvalue weighted by Crippen LogP contribution is -2.14. The van der Waals surface area contributed by atoms with E-state index >= 15 is 0 Å². The van der Waals surface area contributed by atoms with Crippen LogP contribution in [0.1, 0.15) is 36.2 Å². The molecule has 1 amide bonds. The Hall–Kier alpha value is -3.14. The topological polar surface area (TPSA) is 68.0 Å². The number of rotatable bonds is 6. The smallest absolute Gasteiger partial charge is 0.255 e. The largest absolute Gasteiger partial charge is 0.382 e. The molecule has 2 aromatic carbocycles. The molecule has 27 heavy (non-hydrogen) atoms. The Kier molecular flexibility index (Phi) is 5.87. The second kappa shape index (κ2) is 8.49. The van der Waals surface area contributed by atoms with Crippen LogP contribution in [0.4, 0.5) is 11.5 Å². The van der Waals surface area contributed by atoms with Crippen molar-refractivity contribution in [2.24, 2.45) is 0 Å². The Morgan fingerprint density at radius 3 is 2.37 bits per heavy atom. The van der Waals surface area contributed by atoms with Crippen molar-refractivity contribution in [1.29, 1.82) is 0 Å². The van der Waals surface area contributed by atoms with Crippen LogP contribution >= 0.6 is 0 Å². The molecule has 0 fully saturated rings. The Morgan fingerprint density at radius 1 is 1.00 bits per heavy atom. The van der Waals surface area contributed by atoms with Crippen LogP contribution in [0.5, 0.6) is 0 Å². The number of nitrogens with zero attached hydrogens (tertiary/aromatic N) is 1. The number of benzene rings is 2. The fourth-order valence-electron chi connectivity index (χ4n) is 2.78. The number of aromatic nitrogens is 1. The Balaban J connectivity index is 1.74. The van der Waals surface area contributed by atoms with Gasteiger partial charge in [-0.2, -0.15) is 0 Å². The molecule has 4 heteroatoms. The molecule has 3 aromatic rings. The highest BCUT2D eigenvalue weighted by Gasteiger charge is 2.10. The summed E-state index contributed by atoms with van der Waals surface area (Å²) < 4.78 is 0. The van der Waals surface area contributed by atoms with Gasteiger partial charge in [-0.25, -0.2) is 4.98 Å². The number of anilines is 2. The number of hydrogen-bond donors (Lipinski definition) is 2. The molecule has 3 N–H and O–H groups in total. The average molecular weight is 358 g/mol. The lowest BCUT2D eigenvalue weighted by atomic mass is 10.0. The lowest BCUT2D eigenvalue weighted by molar-refractivity contribution is 0.102. The molecule has 4 nitrogen and oxygen atoms in total. The van der Waals surface area contributed by atoms with E-state index in [4.69, 9.17) is 5.73 Å². The summed E-state index contributed by atoms with van der Waals surface area (Å²) in [4.78, 5) is 16.8. The van der Waals surface area contributed by atoms with Gasteiger partial charge < -0.3 is 11.1 Å². The molecule has 3 rings (SSSR count). The number of nitrogen functional groups attached to an aromatic ring is 1. The minimum atomic E-state index is -0.196. The summed E-state index contributed by atoms with van der Waals surface area (Å²) in [5.41, 5.74) is 10.2. The number of pyridine rings is 1. The summed E-state index contributed by atoms with van der Waals surface area (Å²) in [6.07, 6.45) is 3.75. The molecule has 137 valence electrons. The molecule has 0 aliphatic heterocycles. The maximum atomic E-state index is 12.6. The molecular formula is C23H24N3O. The van der Waals surface area contributed by atoms with Crippen molar-refractivity contribution in [3.8, 4) is 11.1 Å². The molecular weight excluding hydrogens is 334 g/mol. The molecule has 0 saturated carbocycles. The maximum Gasteiger partial charge on any atom is 0.255 e. The molecule has 0 bridgehead atoms. The minimum absolute atomic E-state index is 0.196. The summed E-state index contributed by atoms with van der Waals surface area (Å²) in [5, 5.41) is 2.88. The van der Waals surface area contributed by atoms with Crippen LogP contribution in [-0.2, 0) is 6.42 Å². The van der Waals surface area contributed by atoms with Gasteiger partial charge in [0.2, 0.25) is 0 Å². The molecule has 0 atom stereocenters. The first-order valence-electron chi connectivity index (χ1n) is 9.03. The minimum Gasteiger partial charge on any atom is -0.382 e.